The number of H-pyrrole nitrogens is 1. The Morgan fingerprint density at radius 1 is 1.19 bits per heavy atom. The zero-order valence-corrected chi connectivity index (χ0v) is 12.6. The van der Waals surface area contributed by atoms with Gasteiger partial charge in [-0.2, -0.15) is 5.10 Å². The van der Waals surface area contributed by atoms with Crippen molar-refractivity contribution in [2.45, 2.75) is 18.7 Å². The molecule has 0 atom stereocenters. The smallest absolute Gasteiger partial charge is 0.265 e. The topological polar surface area (TPSA) is 93.3 Å². The van der Waals surface area contributed by atoms with Gasteiger partial charge in [0.1, 0.15) is 4.90 Å². The average Bonchev–Trinajstić information content (AvgIpc) is 2.97. The van der Waals surface area contributed by atoms with Crippen LogP contribution in [0.3, 0.4) is 0 Å². The molecule has 0 unspecified atom stereocenters. The normalized spacial score (nSPS) is 11.1. The van der Waals surface area contributed by atoms with E-state index in [-0.39, 0.29) is 4.90 Å². The van der Waals surface area contributed by atoms with E-state index in [2.05, 4.69) is 14.9 Å². The van der Waals surface area contributed by atoms with Gasteiger partial charge in [-0.05, 0) is 26.0 Å². The maximum atomic E-state index is 12.1. The molecule has 8 heteroatoms. The van der Waals surface area contributed by atoms with Crippen LogP contribution in [0.5, 0.6) is 11.5 Å². The summed E-state index contributed by atoms with van der Waals surface area (Å²) in [5.41, 5.74) is 0.392. The van der Waals surface area contributed by atoms with Crippen molar-refractivity contribution in [1.29, 1.82) is 0 Å². The first-order valence-corrected chi connectivity index (χ1v) is 7.96. The largest absolute Gasteiger partial charge is 0.490 e. The van der Waals surface area contributed by atoms with Crippen molar-refractivity contribution in [3.05, 3.63) is 30.6 Å². The fourth-order valence-electron chi connectivity index (χ4n) is 1.71. The summed E-state index contributed by atoms with van der Waals surface area (Å²) in [7, 11) is -3.67. The van der Waals surface area contributed by atoms with Gasteiger partial charge in [-0.3, -0.25) is 9.82 Å². The minimum Gasteiger partial charge on any atom is -0.490 e. The third-order valence-corrected chi connectivity index (χ3v) is 3.93. The molecule has 0 spiro atoms. The number of rotatable bonds is 7. The third kappa shape index (κ3) is 3.66. The number of nitrogens with zero attached hydrogens (tertiary/aromatic N) is 1. The van der Waals surface area contributed by atoms with Crippen molar-refractivity contribution in [1.82, 2.24) is 10.2 Å². The highest BCUT2D eigenvalue weighted by Gasteiger charge is 2.16. The maximum absolute atomic E-state index is 12.1. The molecule has 0 aliphatic carbocycles. The highest BCUT2D eigenvalue weighted by Crippen LogP contribution is 2.31. The minimum atomic E-state index is -3.67. The number of anilines is 1. The van der Waals surface area contributed by atoms with E-state index in [0.29, 0.717) is 30.4 Å². The van der Waals surface area contributed by atoms with Crippen molar-refractivity contribution >= 4 is 15.7 Å². The van der Waals surface area contributed by atoms with Gasteiger partial charge in [0, 0.05) is 12.3 Å². The molecule has 0 saturated carbocycles. The lowest BCUT2D eigenvalue weighted by molar-refractivity contribution is 0.288. The Morgan fingerprint density at radius 2 is 1.90 bits per heavy atom. The lowest BCUT2D eigenvalue weighted by Crippen LogP contribution is -2.12. The monoisotopic (exact) mass is 311 g/mol. The molecular formula is C13H17N3O4S. The summed E-state index contributed by atoms with van der Waals surface area (Å²) >= 11 is 0. The van der Waals surface area contributed by atoms with E-state index in [1.54, 1.807) is 18.2 Å². The summed E-state index contributed by atoms with van der Waals surface area (Å²) in [5.74, 6) is 1.07. The Labute approximate surface area is 123 Å². The lowest BCUT2D eigenvalue weighted by atomic mass is 10.3. The predicted octanol–water partition coefficient (Wildman–Crippen LogP) is 2.01. The van der Waals surface area contributed by atoms with E-state index in [9.17, 15) is 8.42 Å². The molecule has 2 N–H and O–H groups in total. The van der Waals surface area contributed by atoms with Gasteiger partial charge in [0.2, 0.25) is 0 Å². The maximum Gasteiger partial charge on any atom is 0.265 e. The Morgan fingerprint density at radius 3 is 2.52 bits per heavy atom. The molecule has 1 aromatic carbocycles. The molecule has 7 nitrogen and oxygen atoms in total. The van der Waals surface area contributed by atoms with Crippen LogP contribution in [-0.4, -0.2) is 31.8 Å². The Balaban J connectivity index is 2.26. The molecule has 21 heavy (non-hydrogen) atoms. The van der Waals surface area contributed by atoms with E-state index in [0.717, 1.165) is 0 Å². The number of nitrogens with one attached hydrogen (secondary N) is 2. The van der Waals surface area contributed by atoms with Gasteiger partial charge < -0.3 is 9.47 Å². The van der Waals surface area contributed by atoms with Crippen LogP contribution >= 0.6 is 0 Å². The van der Waals surface area contributed by atoms with Crippen molar-refractivity contribution in [2.24, 2.45) is 0 Å². The van der Waals surface area contributed by atoms with E-state index in [1.807, 2.05) is 13.8 Å². The second kappa shape index (κ2) is 6.49. The number of sulfonamides is 1. The van der Waals surface area contributed by atoms with Crippen LogP contribution in [0.1, 0.15) is 13.8 Å². The molecule has 0 aliphatic heterocycles. The van der Waals surface area contributed by atoms with Crippen molar-refractivity contribution in [3.63, 3.8) is 0 Å². The van der Waals surface area contributed by atoms with Gasteiger partial charge >= 0.3 is 0 Å². The molecule has 1 aromatic heterocycles. The van der Waals surface area contributed by atoms with Gasteiger partial charge in [-0.1, -0.05) is 0 Å². The Bertz CT molecular complexity index is 683. The van der Waals surface area contributed by atoms with Gasteiger partial charge in [-0.15, -0.1) is 0 Å². The van der Waals surface area contributed by atoms with E-state index in [4.69, 9.17) is 9.47 Å². The number of hydrogen-bond donors (Lipinski definition) is 2. The SMILES string of the molecule is CCOc1ccc(NS(=O)(=O)c2cn[nH]c2)cc1OCC. The van der Waals surface area contributed by atoms with Crippen molar-refractivity contribution in [2.75, 3.05) is 17.9 Å². The zero-order valence-electron chi connectivity index (χ0n) is 11.8. The molecule has 0 amide bonds. The number of benzene rings is 1. The molecule has 0 bridgehead atoms. The summed E-state index contributed by atoms with van der Waals surface area (Å²) in [4.78, 5) is 0.0642. The number of ether oxygens (including phenoxy) is 2. The van der Waals surface area contributed by atoms with Crippen LogP contribution in [-0.2, 0) is 10.0 Å². The van der Waals surface area contributed by atoms with E-state index < -0.39 is 10.0 Å². The van der Waals surface area contributed by atoms with Crippen LogP contribution in [0.25, 0.3) is 0 Å². The van der Waals surface area contributed by atoms with Gasteiger partial charge in [0.25, 0.3) is 10.0 Å². The Kier molecular flexibility index (Phi) is 4.69. The fourth-order valence-corrected chi connectivity index (χ4v) is 2.67. The first kappa shape index (κ1) is 15.2. The standard InChI is InChI=1S/C13H17N3O4S/c1-3-19-12-6-5-10(7-13(12)20-4-2)16-21(17,18)11-8-14-15-9-11/h5-9,16H,3-4H2,1-2H3,(H,14,15). The molecule has 0 radical (unpaired) electrons. The third-order valence-electron chi connectivity index (χ3n) is 2.58. The molecule has 2 rings (SSSR count). The molecular weight excluding hydrogens is 294 g/mol. The summed E-state index contributed by atoms with van der Waals surface area (Å²) < 4.78 is 37.6. The highest BCUT2D eigenvalue weighted by atomic mass is 32.2. The molecule has 2 aromatic rings. The summed E-state index contributed by atoms with van der Waals surface area (Å²) in [5, 5.41) is 6.09. The number of aromatic nitrogens is 2. The van der Waals surface area contributed by atoms with Crippen LogP contribution in [0.2, 0.25) is 0 Å². The van der Waals surface area contributed by atoms with Gasteiger partial charge in [0.15, 0.2) is 11.5 Å². The van der Waals surface area contributed by atoms with Crippen molar-refractivity contribution in [3.8, 4) is 11.5 Å². The summed E-state index contributed by atoms with van der Waals surface area (Å²) in [6.07, 6.45) is 2.54. The second-order valence-electron chi connectivity index (χ2n) is 4.07. The van der Waals surface area contributed by atoms with Crippen molar-refractivity contribution < 1.29 is 17.9 Å². The molecule has 0 aliphatic rings. The van der Waals surface area contributed by atoms with Crippen LogP contribution in [0.4, 0.5) is 5.69 Å². The lowest BCUT2D eigenvalue weighted by Gasteiger charge is -2.13. The molecule has 114 valence electrons. The van der Waals surface area contributed by atoms with Gasteiger partial charge in [0.05, 0.1) is 25.1 Å². The quantitative estimate of drug-likeness (QED) is 0.816. The second-order valence-corrected chi connectivity index (χ2v) is 5.75. The number of aromatic amines is 1. The molecule has 1 heterocycles. The summed E-state index contributed by atoms with van der Waals surface area (Å²) in [6.45, 7) is 4.67. The van der Waals surface area contributed by atoms with E-state index in [1.165, 1.54) is 12.4 Å². The van der Waals surface area contributed by atoms with Gasteiger partial charge in [-0.25, -0.2) is 8.42 Å². The fraction of sp³-hybridized carbons (Fsp3) is 0.308. The number of hydrogen-bond acceptors (Lipinski definition) is 5. The first-order valence-electron chi connectivity index (χ1n) is 6.48. The van der Waals surface area contributed by atoms with Crippen LogP contribution in [0.15, 0.2) is 35.5 Å². The average molecular weight is 311 g/mol. The summed E-state index contributed by atoms with van der Waals surface area (Å²) in [6, 6.07) is 4.87. The molecule has 0 saturated heterocycles. The first-order chi connectivity index (χ1) is 10.1. The Hall–Kier alpha value is -2.22. The van der Waals surface area contributed by atoms with Crippen LogP contribution in [0, 0.1) is 0 Å². The zero-order chi connectivity index (χ0) is 15.3. The highest BCUT2D eigenvalue weighted by molar-refractivity contribution is 7.92. The molecule has 0 fully saturated rings. The minimum absolute atomic E-state index is 0.0642. The van der Waals surface area contributed by atoms with E-state index >= 15 is 0 Å². The van der Waals surface area contributed by atoms with Crippen LogP contribution < -0.4 is 14.2 Å². The predicted molar refractivity (Wildman–Crippen MR) is 78.2 cm³/mol.